The number of aryl methyl sites for hydroxylation is 3. The molecule has 0 aliphatic heterocycles. The van der Waals surface area contributed by atoms with Crippen LogP contribution in [0.5, 0.6) is 5.75 Å². The van der Waals surface area contributed by atoms with Crippen LogP contribution in [0.4, 0.5) is 0 Å². The quantitative estimate of drug-likeness (QED) is 0.623. The van der Waals surface area contributed by atoms with Crippen LogP contribution in [-0.2, 0) is 6.54 Å². The second kappa shape index (κ2) is 7.75. The van der Waals surface area contributed by atoms with Crippen LogP contribution in [0.1, 0.15) is 22.3 Å². The molecule has 3 rings (SSSR count). The SMILES string of the molecule is Cc1cccc(OCCN(C)Cc2cc(=O)oc3cc(C)c(C)cc23)c1. The molecule has 3 aromatic rings. The van der Waals surface area contributed by atoms with Gasteiger partial charge in [-0.15, -0.1) is 0 Å². The molecule has 2 aromatic carbocycles. The monoisotopic (exact) mass is 351 g/mol. The fourth-order valence-electron chi connectivity index (χ4n) is 3.01. The lowest BCUT2D eigenvalue weighted by atomic mass is 10.0. The van der Waals surface area contributed by atoms with E-state index in [0.717, 1.165) is 28.8 Å². The standard InChI is InChI=1S/C22H25NO3/c1-15-6-5-7-19(10-15)25-9-8-23(4)14-18-13-22(24)26-21-12-17(3)16(2)11-20(18)21/h5-7,10-13H,8-9,14H2,1-4H3. The molecule has 4 heteroatoms. The number of hydrogen-bond acceptors (Lipinski definition) is 4. The van der Waals surface area contributed by atoms with Crippen molar-refractivity contribution in [2.45, 2.75) is 27.3 Å². The number of ether oxygens (including phenoxy) is 1. The van der Waals surface area contributed by atoms with E-state index in [1.807, 2.05) is 38.2 Å². The molecule has 0 spiro atoms. The highest BCUT2D eigenvalue weighted by Crippen LogP contribution is 2.22. The summed E-state index contributed by atoms with van der Waals surface area (Å²) in [7, 11) is 2.03. The normalized spacial score (nSPS) is 11.3. The summed E-state index contributed by atoms with van der Waals surface area (Å²) in [5, 5.41) is 0.999. The summed E-state index contributed by atoms with van der Waals surface area (Å²) in [6, 6.07) is 13.7. The van der Waals surface area contributed by atoms with Gasteiger partial charge in [0.1, 0.15) is 17.9 Å². The molecule has 0 N–H and O–H groups in total. The van der Waals surface area contributed by atoms with Crippen molar-refractivity contribution in [1.29, 1.82) is 0 Å². The Morgan fingerprint density at radius 3 is 2.58 bits per heavy atom. The topological polar surface area (TPSA) is 42.7 Å². The van der Waals surface area contributed by atoms with Crippen LogP contribution in [0.3, 0.4) is 0 Å². The maximum absolute atomic E-state index is 11.9. The van der Waals surface area contributed by atoms with Crippen LogP contribution in [0.2, 0.25) is 0 Å². The van der Waals surface area contributed by atoms with Gasteiger partial charge in [-0.05, 0) is 74.3 Å². The molecular formula is C22H25NO3. The van der Waals surface area contributed by atoms with Gasteiger partial charge in [0.05, 0.1) is 0 Å². The van der Waals surface area contributed by atoms with E-state index in [1.165, 1.54) is 11.1 Å². The Hall–Kier alpha value is -2.59. The largest absolute Gasteiger partial charge is 0.492 e. The first-order chi connectivity index (χ1) is 12.4. The number of benzene rings is 2. The van der Waals surface area contributed by atoms with Crippen LogP contribution >= 0.6 is 0 Å². The lowest BCUT2D eigenvalue weighted by Crippen LogP contribution is -2.24. The molecule has 136 valence electrons. The van der Waals surface area contributed by atoms with E-state index in [-0.39, 0.29) is 5.63 Å². The van der Waals surface area contributed by atoms with Gasteiger partial charge in [-0.1, -0.05) is 12.1 Å². The maximum Gasteiger partial charge on any atom is 0.336 e. The molecular weight excluding hydrogens is 326 g/mol. The molecule has 0 saturated heterocycles. The Bertz CT molecular complexity index is 975. The summed E-state index contributed by atoms with van der Waals surface area (Å²) in [5.41, 5.74) is 4.83. The zero-order valence-electron chi connectivity index (χ0n) is 15.8. The number of nitrogens with zero attached hydrogens (tertiary/aromatic N) is 1. The van der Waals surface area contributed by atoms with Gasteiger partial charge in [-0.3, -0.25) is 4.90 Å². The van der Waals surface area contributed by atoms with Crippen molar-refractivity contribution < 1.29 is 9.15 Å². The van der Waals surface area contributed by atoms with Crippen LogP contribution in [0.15, 0.2) is 51.7 Å². The second-order valence-corrected chi connectivity index (χ2v) is 6.93. The Kier molecular flexibility index (Phi) is 5.43. The Labute approximate surface area is 154 Å². The van der Waals surface area contributed by atoms with Crippen LogP contribution in [0, 0.1) is 20.8 Å². The van der Waals surface area contributed by atoms with Crippen molar-refractivity contribution in [1.82, 2.24) is 4.90 Å². The van der Waals surface area contributed by atoms with Crippen LogP contribution in [-0.4, -0.2) is 25.1 Å². The van der Waals surface area contributed by atoms with E-state index < -0.39 is 0 Å². The molecule has 0 radical (unpaired) electrons. The second-order valence-electron chi connectivity index (χ2n) is 6.93. The molecule has 1 heterocycles. The number of rotatable bonds is 6. The maximum atomic E-state index is 11.9. The molecule has 0 atom stereocenters. The fraction of sp³-hybridized carbons (Fsp3) is 0.318. The highest BCUT2D eigenvalue weighted by atomic mass is 16.5. The zero-order valence-corrected chi connectivity index (χ0v) is 15.8. The minimum Gasteiger partial charge on any atom is -0.492 e. The zero-order chi connectivity index (χ0) is 18.7. The number of hydrogen-bond donors (Lipinski definition) is 0. The van der Waals surface area contributed by atoms with Crippen molar-refractivity contribution in [3.8, 4) is 5.75 Å². The van der Waals surface area contributed by atoms with Gasteiger partial charge in [-0.2, -0.15) is 0 Å². The van der Waals surface area contributed by atoms with Gasteiger partial charge in [-0.25, -0.2) is 4.79 Å². The molecule has 4 nitrogen and oxygen atoms in total. The van der Waals surface area contributed by atoms with E-state index in [1.54, 1.807) is 6.07 Å². The molecule has 0 amide bonds. The highest BCUT2D eigenvalue weighted by molar-refractivity contribution is 5.81. The van der Waals surface area contributed by atoms with Crippen LogP contribution in [0.25, 0.3) is 11.0 Å². The smallest absolute Gasteiger partial charge is 0.336 e. The highest BCUT2D eigenvalue weighted by Gasteiger charge is 2.10. The lowest BCUT2D eigenvalue weighted by Gasteiger charge is -2.18. The molecule has 0 aliphatic rings. The van der Waals surface area contributed by atoms with E-state index in [4.69, 9.17) is 9.15 Å². The summed E-state index contributed by atoms with van der Waals surface area (Å²) in [4.78, 5) is 14.1. The first kappa shape index (κ1) is 18.2. The molecule has 0 bridgehead atoms. The summed E-state index contributed by atoms with van der Waals surface area (Å²) in [5.74, 6) is 0.885. The molecule has 0 fully saturated rings. The molecule has 1 aromatic heterocycles. The summed E-state index contributed by atoms with van der Waals surface area (Å²) >= 11 is 0. The van der Waals surface area contributed by atoms with E-state index in [2.05, 4.69) is 30.9 Å². The average Bonchev–Trinajstić information content (AvgIpc) is 2.56. The van der Waals surface area contributed by atoms with Crippen molar-refractivity contribution in [2.75, 3.05) is 20.2 Å². The number of fused-ring (bicyclic) bond motifs is 1. The Morgan fingerprint density at radius 1 is 1.04 bits per heavy atom. The van der Waals surface area contributed by atoms with Crippen molar-refractivity contribution in [2.24, 2.45) is 0 Å². The third-order valence-corrected chi connectivity index (χ3v) is 4.62. The fourth-order valence-corrected chi connectivity index (χ4v) is 3.01. The van der Waals surface area contributed by atoms with Gasteiger partial charge < -0.3 is 9.15 Å². The molecule has 26 heavy (non-hydrogen) atoms. The summed E-state index contributed by atoms with van der Waals surface area (Å²) in [6.07, 6.45) is 0. The van der Waals surface area contributed by atoms with E-state index in [9.17, 15) is 4.79 Å². The molecule has 0 aliphatic carbocycles. The first-order valence-corrected chi connectivity index (χ1v) is 8.84. The van der Waals surface area contributed by atoms with E-state index >= 15 is 0 Å². The summed E-state index contributed by atoms with van der Waals surface area (Å²) in [6.45, 7) is 8.17. The molecule has 0 saturated carbocycles. The Morgan fingerprint density at radius 2 is 1.81 bits per heavy atom. The average molecular weight is 351 g/mol. The minimum atomic E-state index is -0.305. The number of likely N-dealkylation sites (N-methyl/N-ethyl adjacent to an activating group) is 1. The van der Waals surface area contributed by atoms with Crippen molar-refractivity contribution >= 4 is 11.0 Å². The third kappa shape index (κ3) is 4.33. The minimum absolute atomic E-state index is 0.305. The van der Waals surface area contributed by atoms with Crippen LogP contribution < -0.4 is 10.4 Å². The predicted octanol–water partition coefficient (Wildman–Crippen LogP) is 4.23. The third-order valence-electron chi connectivity index (χ3n) is 4.62. The van der Waals surface area contributed by atoms with Gasteiger partial charge in [0.25, 0.3) is 0 Å². The van der Waals surface area contributed by atoms with Gasteiger partial charge in [0.2, 0.25) is 0 Å². The van der Waals surface area contributed by atoms with Gasteiger partial charge in [0.15, 0.2) is 0 Å². The van der Waals surface area contributed by atoms with Gasteiger partial charge >= 0.3 is 5.63 Å². The lowest BCUT2D eigenvalue weighted by molar-refractivity contribution is 0.233. The van der Waals surface area contributed by atoms with Gasteiger partial charge in [0, 0.05) is 24.5 Å². The predicted molar refractivity (Wildman–Crippen MR) is 105 cm³/mol. The van der Waals surface area contributed by atoms with Crippen molar-refractivity contribution in [3.05, 3.63) is 75.1 Å². The van der Waals surface area contributed by atoms with Crippen molar-refractivity contribution in [3.63, 3.8) is 0 Å². The first-order valence-electron chi connectivity index (χ1n) is 8.84. The Balaban J connectivity index is 1.70. The summed E-state index contributed by atoms with van der Waals surface area (Å²) < 4.78 is 11.2. The molecule has 0 unspecified atom stereocenters. The van der Waals surface area contributed by atoms with E-state index in [0.29, 0.717) is 18.7 Å².